The molecule has 0 bridgehead atoms. The van der Waals surface area contributed by atoms with Gasteiger partial charge in [0.25, 0.3) is 0 Å². The zero-order valence-corrected chi connectivity index (χ0v) is 13.4. The molecule has 1 aliphatic carbocycles. The Hall–Kier alpha value is -2.11. The molecule has 1 aliphatic rings. The van der Waals surface area contributed by atoms with Gasteiger partial charge < -0.3 is 24.8 Å². The monoisotopic (exact) mass is 308 g/mol. The second-order valence-corrected chi connectivity index (χ2v) is 4.97. The lowest BCUT2D eigenvalue weighted by atomic mass is 10.2. The number of anilines is 1. The molecule has 0 aliphatic heterocycles. The van der Waals surface area contributed by atoms with Crippen LogP contribution in [0.15, 0.2) is 12.1 Å². The molecule has 122 valence electrons. The third-order valence-electron chi connectivity index (χ3n) is 3.08. The SMILES string of the molecule is CCOc1cc(NC(=O)NC2CC2)cc(OCC)c1OCC. The largest absolute Gasteiger partial charge is 0.490 e. The number of rotatable bonds is 8. The minimum atomic E-state index is -0.212. The molecule has 2 N–H and O–H groups in total. The Labute approximate surface area is 131 Å². The maximum absolute atomic E-state index is 11.9. The smallest absolute Gasteiger partial charge is 0.319 e. The van der Waals surface area contributed by atoms with Crippen LogP contribution < -0.4 is 24.8 Å². The molecule has 1 saturated carbocycles. The standard InChI is InChI=1S/C16H24N2O4/c1-4-20-13-9-12(18-16(19)17-11-7-8-11)10-14(21-5-2)15(13)22-6-3/h9-11H,4-8H2,1-3H3,(H2,17,18,19). The Balaban J connectivity index is 2.22. The van der Waals surface area contributed by atoms with Crippen LogP contribution in [0, 0.1) is 0 Å². The van der Waals surface area contributed by atoms with Crippen molar-refractivity contribution in [2.24, 2.45) is 0 Å². The molecule has 2 amide bonds. The number of carbonyl (C=O) groups is 1. The molecule has 0 atom stereocenters. The Morgan fingerprint density at radius 2 is 1.59 bits per heavy atom. The first kappa shape index (κ1) is 16.3. The molecule has 1 aromatic rings. The molecule has 22 heavy (non-hydrogen) atoms. The molecule has 6 nitrogen and oxygen atoms in total. The van der Waals surface area contributed by atoms with Crippen LogP contribution in [0.25, 0.3) is 0 Å². The van der Waals surface area contributed by atoms with Crippen LogP contribution in [0.4, 0.5) is 10.5 Å². The number of hydrogen-bond donors (Lipinski definition) is 2. The van der Waals surface area contributed by atoms with Gasteiger partial charge >= 0.3 is 6.03 Å². The van der Waals surface area contributed by atoms with E-state index in [-0.39, 0.29) is 6.03 Å². The molecule has 1 fully saturated rings. The van der Waals surface area contributed by atoms with E-state index in [2.05, 4.69) is 10.6 Å². The maximum Gasteiger partial charge on any atom is 0.319 e. The van der Waals surface area contributed by atoms with Crippen molar-refractivity contribution in [3.05, 3.63) is 12.1 Å². The van der Waals surface area contributed by atoms with Gasteiger partial charge in [0.2, 0.25) is 5.75 Å². The maximum atomic E-state index is 11.9. The minimum Gasteiger partial charge on any atom is -0.490 e. The van der Waals surface area contributed by atoms with Crippen molar-refractivity contribution in [3.8, 4) is 17.2 Å². The Morgan fingerprint density at radius 1 is 1.05 bits per heavy atom. The van der Waals surface area contributed by atoms with Crippen LogP contribution in [-0.2, 0) is 0 Å². The third-order valence-corrected chi connectivity index (χ3v) is 3.08. The minimum absolute atomic E-state index is 0.212. The van der Waals surface area contributed by atoms with Crippen LogP contribution in [0.2, 0.25) is 0 Å². The predicted molar refractivity (Wildman–Crippen MR) is 85.1 cm³/mol. The Kier molecular flexibility index (Phi) is 5.75. The summed E-state index contributed by atoms with van der Waals surface area (Å²) < 4.78 is 16.9. The lowest BCUT2D eigenvalue weighted by Gasteiger charge is -2.17. The van der Waals surface area contributed by atoms with Crippen molar-refractivity contribution >= 4 is 11.7 Å². The van der Waals surface area contributed by atoms with Crippen molar-refractivity contribution in [1.29, 1.82) is 0 Å². The Morgan fingerprint density at radius 3 is 2.05 bits per heavy atom. The van der Waals surface area contributed by atoms with Crippen molar-refractivity contribution in [2.75, 3.05) is 25.1 Å². The summed E-state index contributed by atoms with van der Waals surface area (Å²) in [7, 11) is 0. The van der Waals surface area contributed by atoms with Gasteiger partial charge in [0.05, 0.1) is 25.5 Å². The van der Waals surface area contributed by atoms with Crippen molar-refractivity contribution < 1.29 is 19.0 Å². The van der Waals surface area contributed by atoms with E-state index in [0.29, 0.717) is 48.8 Å². The number of benzene rings is 1. The summed E-state index contributed by atoms with van der Waals surface area (Å²) in [5.74, 6) is 1.70. The van der Waals surface area contributed by atoms with Gasteiger partial charge in [0, 0.05) is 18.2 Å². The fourth-order valence-corrected chi connectivity index (χ4v) is 2.04. The third kappa shape index (κ3) is 4.44. The van der Waals surface area contributed by atoms with Gasteiger partial charge in [-0.25, -0.2) is 4.79 Å². The zero-order valence-electron chi connectivity index (χ0n) is 13.4. The molecule has 0 radical (unpaired) electrons. The van der Waals surface area contributed by atoms with E-state index in [1.54, 1.807) is 12.1 Å². The van der Waals surface area contributed by atoms with E-state index in [4.69, 9.17) is 14.2 Å². The summed E-state index contributed by atoms with van der Waals surface area (Å²) in [5.41, 5.74) is 0.619. The summed E-state index contributed by atoms with van der Waals surface area (Å²) in [5, 5.41) is 5.70. The average Bonchev–Trinajstić information content (AvgIpc) is 3.27. The first-order valence-corrected chi connectivity index (χ1v) is 7.81. The quantitative estimate of drug-likeness (QED) is 0.774. The predicted octanol–water partition coefficient (Wildman–Crippen LogP) is 3.17. The molecule has 0 spiro atoms. The molecule has 2 rings (SSSR count). The number of hydrogen-bond acceptors (Lipinski definition) is 4. The van der Waals surface area contributed by atoms with Crippen molar-refractivity contribution in [1.82, 2.24) is 5.32 Å². The zero-order chi connectivity index (χ0) is 15.9. The number of nitrogens with one attached hydrogen (secondary N) is 2. The summed E-state index contributed by atoms with van der Waals surface area (Å²) in [6.07, 6.45) is 2.09. The van der Waals surface area contributed by atoms with E-state index in [1.807, 2.05) is 20.8 Å². The van der Waals surface area contributed by atoms with Crippen molar-refractivity contribution in [2.45, 2.75) is 39.7 Å². The topological polar surface area (TPSA) is 68.8 Å². The van der Waals surface area contributed by atoms with E-state index >= 15 is 0 Å². The molecule has 0 saturated heterocycles. The normalized spacial score (nSPS) is 13.4. The summed E-state index contributed by atoms with van der Waals surface area (Å²) in [6.45, 7) is 7.22. The first-order valence-electron chi connectivity index (χ1n) is 7.81. The number of ether oxygens (including phenoxy) is 3. The molecule has 0 heterocycles. The van der Waals surface area contributed by atoms with Gasteiger partial charge in [-0.15, -0.1) is 0 Å². The van der Waals surface area contributed by atoms with Gasteiger partial charge in [0.15, 0.2) is 11.5 Å². The highest BCUT2D eigenvalue weighted by atomic mass is 16.5. The number of urea groups is 1. The molecule has 0 unspecified atom stereocenters. The lowest BCUT2D eigenvalue weighted by molar-refractivity contribution is 0.251. The van der Waals surface area contributed by atoms with E-state index in [1.165, 1.54) is 0 Å². The molecule has 0 aromatic heterocycles. The first-order chi connectivity index (χ1) is 10.7. The van der Waals surface area contributed by atoms with Gasteiger partial charge in [0.1, 0.15) is 0 Å². The summed E-state index contributed by atoms with van der Waals surface area (Å²) in [4.78, 5) is 11.9. The van der Waals surface area contributed by atoms with Gasteiger partial charge in [-0.1, -0.05) is 0 Å². The van der Waals surface area contributed by atoms with E-state index in [9.17, 15) is 4.79 Å². The Bertz CT molecular complexity index is 488. The highest BCUT2D eigenvalue weighted by Gasteiger charge is 2.23. The van der Waals surface area contributed by atoms with Crippen LogP contribution in [-0.4, -0.2) is 31.9 Å². The second-order valence-electron chi connectivity index (χ2n) is 4.97. The molecule has 6 heteroatoms. The lowest BCUT2D eigenvalue weighted by Crippen LogP contribution is -2.30. The van der Waals surface area contributed by atoms with E-state index < -0.39 is 0 Å². The van der Waals surface area contributed by atoms with Crippen LogP contribution in [0.3, 0.4) is 0 Å². The van der Waals surface area contributed by atoms with Crippen LogP contribution >= 0.6 is 0 Å². The second kappa shape index (κ2) is 7.77. The van der Waals surface area contributed by atoms with Gasteiger partial charge in [-0.05, 0) is 33.6 Å². The summed E-state index contributed by atoms with van der Waals surface area (Å²) >= 11 is 0. The van der Waals surface area contributed by atoms with Gasteiger partial charge in [-0.3, -0.25) is 0 Å². The average molecular weight is 308 g/mol. The van der Waals surface area contributed by atoms with Crippen molar-refractivity contribution in [3.63, 3.8) is 0 Å². The van der Waals surface area contributed by atoms with Crippen LogP contribution in [0.5, 0.6) is 17.2 Å². The summed E-state index contributed by atoms with van der Waals surface area (Å²) in [6, 6.07) is 3.60. The van der Waals surface area contributed by atoms with E-state index in [0.717, 1.165) is 12.8 Å². The number of carbonyl (C=O) groups excluding carboxylic acids is 1. The fraction of sp³-hybridized carbons (Fsp3) is 0.562. The number of amides is 2. The highest BCUT2D eigenvalue weighted by Crippen LogP contribution is 2.40. The van der Waals surface area contributed by atoms with Gasteiger partial charge in [-0.2, -0.15) is 0 Å². The highest BCUT2D eigenvalue weighted by molar-refractivity contribution is 5.90. The fourth-order valence-electron chi connectivity index (χ4n) is 2.04. The molecular weight excluding hydrogens is 284 g/mol. The van der Waals surface area contributed by atoms with Crippen LogP contribution in [0.1, 0.15) is 33.6 Å². The molecular formula is C16H24N2O4. The molecule has 1 aromatic carbocycles.